The Labute approximate surface area is 137 Å². The predicted octanol–water partition coefficient (Wildman–Crippen LogP) is 3.37. The number of hydrogen-bond acceptors (Lipinski definition) is 2. The number of aliphatic hydroxyl groups is 1. The van der Waals surface area contributed by atoms with E-state index in [1.807, 2.05) is 63.6 Å². The van der Waals surface area contributed by atoms with Gasteiger partial charge in [-0.1, -0.05) is 48.5 Å². The van der Waals surface area contributed by atoms with Gasteiger partial charge in [-0.25, -0.2) is 0 Å². The predicted molar refractivity (Wildman–Crippen MR) is 95.5 cm³/mol. The van der Waals surface area contributed by atoms with E-state index in [1.165, 1.54) is 0 Å². The number of fused-ring (bicyclic) bond motifs is 1. The van der Waals surface area contributed by atoms with Gasteiger partial charge in [-0.15, -0.1) is 0 Å². The van der Waals surface area contributed by atoms with Crippen molar-refractivity contribution >= 4 is 10.9 Å². The molecule has 1 heterocycles. The SMILES string of the molecule is CN(C)CCC(O)(c1ccccc1)c1cc2ccccc2n1C. The molecule has 2 aromatic carbocycles. The number of nitrogens with zero attached hydrogens (tertiary/aromatic N) is 2. The molecule has 0 aliphatic heterocycles. The van der Waals surface area contributed by atoms with Gasteiger partial charge >= 0.3 is 0 Å². The zero-order valence-electron chi connectivity index (χ0n) is 14.0. The number of aromatic nitrogens is 1. The highest BCUT2D eigenvalue weighted by Crippen LogP contribution is 2.36. The third-order valence-electron chi connectivity index (χ3n) is 4.55. The lowest BCUT2D eigenvalue weighted by atomic mass is 9.87. The number of para-hydroxylation sites is 1. The number of hydrogen-bond donors (Lipinski definition) is 1. The Kier molecular flexibility index (Phi) is 4.24. The fourth-order valence-electron chi connectivity index (χ4n) is 3.21. The standard InChI is InChI=1S/C20H24N2O/c1-21(2)14-13-20(23,17-10-5-4-6-11-17)19-15-16-9-7-8-12-18(16)22(19)3/h4-12,15,23H,13-14H2,1-3H3. The van der Waals surface area contributed by atoms with Gasteiger partial charge in [-0.3, -0.25) is 0 Å². The molecule has 3 rings (SSSR count). The summed E-state index contributed by atoms with van der Waals surface area (Å²) in [5.74, 6) is 0. The molecule has 23 heavy (non-hydrogen) atoms. The van der Waals surface area contributed by atoms with Crippen molar-refractivity contribution in [3.05, 3.63) is 71.9 Å². The van der Waals surface area contributed by atoms with Crippen molar-refractivity contribution in [2.45, 2.75) is 12.0 Å². The molecule has 3 aromatic rings. The molecule has 0 saturated carbocycles. The van der Waals surface area contributed by atoms with Crippen LogP contribution in [0.5, 0.6) is 0 Å². The van der Waals surface area contributed by atoms with E-state index in [0.717, 1.165) is 28.7 Å². The zero-order chi connectivity index (χ0) is 16.4. The summed E-state index contributed by atoms with van der Waals surface area (Å²) in [7, 11) is 6.10. The second-order valence-corrected chi connectivity index (χ2v) is 6.43. The molecule has 1 N–H and O–H groups in total. The van der Waals surface area contributed by atoms with Crippen LogP contribution in [0.4, 0.5) is 0 Å². The van der Waals surface area contributed by atoms with Gasteiger partial charge in [0.05, 0.1) is 5.69 Å². The first-order chi connectivity index (χ1) is 11.0. The van der Waals surface area contributed by atoms with Crippen molar-refractivity contribution in [3.63, 3.8) is 0 Å². The van der Waals surface area contributed by atoms with E-state index in [4.69, 9.17) is 0 Å². The summed E-state index contributed by atoms with van der Waals surface area (Å²) in [4.78, 5) is 2.11. The maximum absolute atomic E-state index is 11.6. The molecular formula is C20H24N2O. The smallest absolute Gasteiger partial charge is 0.131 e. The lowest BCUT2D eigenvalue weighted by molar-refractivity contribution is 0.0562. The molecule has 120 valence electrons. The molecule has 0 spiro atoms. The third kappa shape index (κ3) is 2.90. The Morgan fingerprint density at radius 1 is 1.00 bits per heavy atom. The maximum Gasteiger partial charge on any atom is 0.131 e. The zero-order valence-corrected chi connectivity index (χ0v) is 14.0. The van der Waals surface area contributed by atoms with Crippen LogP contribution in [-0.4, -0.2) is 35.2 Å². The van der Waals surface area contributed by atoms with E-state index in [2.05, 4.69) is 27.7 Å². The summed E-state index contributed by atoms with van der Waals surface area (Å²) in [6.07, 6.45) is 0.647. The van der Waals surface area contributed by atoms with E-state index >= 15 is 0 Å². The number of rotatable bonds is 5. The van der Waals surface area contributed by atoms with Crippen LogP contribution in [0.2, 0.25) is 0 Å². The minimum atomic E-state index is -1.00. The van der Waals surface area contributed by atoms with Crippen molar-refractivity contribution in [2.24, 2.45) is 7.05 Å². The molecule has 3 heteroatoms. The van der Waals surface area contributed by atoms with E-state index in [-0.39, 0.29) is 0 Å². The van der Waals surface area contributed by atoms with E-state index in [0.29, 0.717) is 6.42 Å². The lowest BCUT2D eigenvalue weighted by Crippen LogP contribution is -2.33. The van der Waals surface area contributed by atoms with E-state index in [9.17, 15) is 5.11 Å². The second kappa shape index (κ2) is 6.19. The van der Waals surface area contributed by atoms with Crippen LogP contribution in [0.15, 0.2) is 60.7 Å². The summed E-state index contributed by atoms with van der Waals surface area (Å²) < 4.78 is 2.11. The molecule has 0 saturated heterocycles. The van der Waals surface area contributed by atoms with Crippen LogP contribution < -0.4 is 0 Å². The fourth-order valence-corrected chi connectivity index (χ4v) is 3.21. The average molecular weight is 308 g/mol. The monoisotopic (exact) mass is 308 g/mol. The minimum Gasteiger partial charge on any atom is -0.379 e. The van der Waals surface area contributed by atoms with Crippen molar-refractivity contribution in [2.75, 3.05) is 20.6 Å². The third-order valence-corrected chi connectivity index (χ3v) is 4.55. The van der Waals surface area contributed by atoms with Gasteiger partial charge in [0.2, 0.25) is 0 Å². The van der Waals surface area contributed by atoms with Crippen molar-refractivity contribution in [3.8, 4) is 0 Å². The van der Waals surface area contributed by atoms with Gasteiger partial charge in [0.15, 0.2) is 0 Å². The van der Waals surface area contributed by atoms with Crippen molar-refractivity contribution < 1.29 is 5.11 Å². The normalized spacial score (nSPS) is 14.3. The highest BCUT2D eigenvalue weighted by atomic mass is 16.3. The molecule has 1 atom stereocenters. The highest BCUT2D eigenvalue weighted by molar-refractivity contribution is 5.81. The van der Waals surface area contributed by atoms with Gasteiger partial charge in [-0.2, -0.15) is 0 Å². The van der Waals surface area contributed by atoms with E-state index in [1.54, 1.807) is 0 Å². The van der Waals surface area contributed by atoms with Gasteiger partial charge < -0.3 is 14.6 Å². The lowest BCUT2D eigenvalue weighted by Gasteiger charge is -2.31. The van der Waals surface area contributed by atoms with Gasteiger partial charge in [0, 0.05) is 19.1 Å². The van der Waals surface area contributed by atoms with Crippen LogP contribution in [0, 0.1) is 0 Å². The molecule has 0 radical (unpaired) electrons. The highest BCUT2D eigenvalue weighted by Gasteiger charge is 2.34. The maximum atomic E-state index is 11.6. The quantitative estimate of drug-likeness (QED) is 0.783. The summed E-state index contributed by atoms with van der Waals surface area (Å²) in [6, 6.07) is 20.3. The van der Waals surface area contributed by atoms with Crippen LogP contribution in [-0.2, 0) is 12.6 Å². The number of benzene rings is 2. The van der Waals surface area contributed by atoms with Crippen LogP contribution >= 0.6 is 0 Å². The van der Waals surface area contributed by atoms with Crippen molar-refractivity contribution in [1.29, 1.82) is 0 Å². The Morgan fingerprint density at radius 3 is 2.30 bits per heavy atom. The summed E-state index contributed by atoms with van der Waals surface area (Å²) in [5.41, 5.74) is 2.01. The largest absolute Gasteiger partial charge is 0.379 e. The Hall–Kier alpha value is -2.10. The molecule has 1 unspecified atom stereocenters. The Balaban J connectivity index is 2.15. The molecule has 1 aromatic heterocycles. The summed E-state index contributed by atoms with van der Waals surface area (Å²) in [5, 5.41) is 12.8. The molecule has 3 nitrogen and oxygen atoms in total. The molecule has 0 bridgehead atoms. The van der Waals surface area contributed by atoms with Crippen molar-refractivity contribution in [1.82, 2.24) is 9.47 Å². The summed E-state index contributed by atoms with van der Waals surface area (Å²) in [6.45, 7) is 0.812. The Morgan fingerprint density at radius 2 is 1.65 bits per heavy atom. The van der Waals surface area contributed by atoms with Crippen LogP contribution in [0.25, 0.3) is 10.9 Å². The summed E-state index contributed by atoms with van der Waals surface area (Å²) >= 11 is 0. The molecule has 0 aliphatic rings. The van der Waals surface area contributed by atoms with Gasteiger partial charge in [-0.05, 0) is 43.6 Å². The first kappa shape index (κ1) is 15.8. The first-order valence-electron chi connectivity index (χ1n) is 8.00. The van der Waals surface area contributed by atoms with Crippen LogP contribution in [0.3, 0.4) is 0 Å². The molecule has 0 fully saturated rings. The Bertz CT molecular complexity index is 792. The molecule has 0 amide bonds. The second-order valence-electron chi connectivity index (χ2n) is 6.43. The first-order valence-corrected chi connectivity index (χ1v) is 8.00. The van der Waals surface area contributed by atoms with Gasteiger partial charge in [0.25, 0.3) is 0 Å². The van der Waals surface area contributed by atoms with E-state index < -0.39 is 5.60 Å². The minimum absolute atomic E-state index is 0.647. The van der Waals surface area contributed by atoms with Gasteiger partial charge in [0.1, 0.15) is 5.60 Å². The topological polar surface area (TPSA) is 28.4 Å². The number of aryl methyl sites for hydroxylation is 1. The van der Waals surface area contributed by atoms with Crippen LogP contribution in [0.1, 0.15) is 17.7 Å². The molecule has 0 aliphatic carbocycles. The average Bonchev–Trinajstić information content (AvgIpc) is 2.91. The fraction of sp³-hybridized carbons (Fsp3) is 0.300. The molecular weight excluding hydrogens is 284 g/mol.